The third-order valence-corrected chi connectivity index (χ3v) is 4.34. The van der Waals surface area contributed by atoms with E-state index in [2.05, 4.69) is 10.6 Å². The molecular formula is C14H24N2O3. The quantitative estimate of drug-likeness (QED) is 0.687. The van der Waals surface area contributed by atoms with Gasteiger partial charge in [0.1, 0.15) is 0 Å². The van der Waals surface area contributed by atoms with Crippen molar-refractivity contribution in [1.82, 2.24) is 10.6 Å². The molecule has 0 radical (unpaired) electrons. The van der Waals surface area contributed by atoms with E-state index in [1.54, 1.807) is 0 Å². The van der Waals surface area contributed by atoms with Crippen LogP contribution in [0, 0.1) is 5.92 Å². The average Bonchev–Trinajstić information content (AvgIpc) is 2.73. The zero-order valence-corrected chi connectivity index (χ0v) is 11.4. The Kier molecular flexibility index (Phi) is 5.05. The third kappa shape index (κ3) is 4.11. The molecule has 0 saturated heterocycles. The average molecular weight is 268 g/mol. The van der Waals surface area contributed by atoms with Gasteiger partial charge in [0.25, 0.3) is 0 Å². The van der Waals surface area contributed by atoms with Crippen molar-refractivity contribution in [1.29, 1.82) is 0 Å². The third-order valence-electron chi connectivity index (χ3n) is 4.34. The fraction of sp³-hybridized carbons (Fsp3) is 0.857. The predicted octanol–water partition coefficient (Wildman–Crippen LogP) is 2.26. The van der Waals surface area contributed by atoms with Gasteiger partial charge in [-0.05, 0) is 25.7 Å². The summed E-state index contributed by atoms with van der Waals surface area (Å²) in [5.41, 5.74) is 0. The van der Waals surface area contributed by atoms with Crippen LogP contribution in [0.3, 0.4) is 0 Å². The highest BCUT2D eigenvalue weighted by Crippen LogP contribution is 2.24. The number of hydrogen-bond acceptors (Lipinski definition) is 2. The van der Waals surface area contributed by atoms with Gasteiger partial charge >= 0.3 is 12.0 Å². The monoisotopic (exact) mass is 268 g/mol. The minimum Gasteiger partial charge on any atom is -0.481 e. The van der Waals surface area contributed by atoms with Crippen molar-refractivity contribution in [3.8, 4) is 0 Å². The van der Waals surface area contributed by atoms with Gasteiger partial charge in [0.05, 0.1) is 5.92 Å². The number of amides is 2. The molecule has 2 amide bonds. The van der Waals surface area contributed by atoms with E-state index >= 15 is 0 Å². The maximum atomic E-state index is 11.9. The molecular weight excluding hydrogens is 244 g/mol. The molecule has 3 N–H and O–H groups in total. The number of rotatable bonds is 3. The molecule has 2 aliphatic rings. The number of carboxylic acids is 1. The summed E-state index contributed by atoms with van der Waals surface area (Å²) in [4.78, 5) is 23.2. The maximum absolute atomic E-state index is 11.9. The van der Waals surface area contributed by atoms with Crippen molar-refractivity contribution in [3.05, 3.63) is 0 Å². The molecule has 0 spiro atoms. The first kappa shape index (κ1) is 14.2. The van der Waals surface area contributed by atoms with Crippen LogP contribution in [0.4, 0.5) is 4.79 Å². The summed E-state index contributed by atoms with van der Waals surface area (Å²) >= 11 is 0. The summed E-state index contributed by atoms with van der Waals surface area (Å²) < 4.78 is 0. The largest absolute Gasteiger partial charge is 0.481 e. The molecule has 2 fully saturated rings. The van der Waals surface area contributed by atoms with E-state index in [4.69, 9.17) is 0 Å². The Bertz CT molecular complexity index is 327. The molecule has 5 nitrogen and oxygen atoms in total. The SMILES string of the molecule is O=C(NC1CCCC1)NC1CCCCCC1C(=O)O. The van der Waals surface area contributed by atoms with Crippen molar-refractivity contribution in [2.75, 3.05) is 0 Å². The van der Waals surface area contributed by atoms with Crippen LogP contribution in [0.1, 0.15) is 57.8 Å². The highest BCUT2D eigenvalue weighted by molar-refractivity contribution is 5.77. The normalized spacial score (nSPS) is 28.6. The van der Waals surface area contributed by atoms with Crippen molar-refractivity contribution < 1.29 is 14.7 Å². The second-order valence-corrected chi connectivity index (χ2v) is 5.79. The van der Waals surface area contributed by atoms with E-state index in [0.717, 1.165) is 38.5 Å². The molecule has 0 aromatic heterocycles. The zero-order chi connectivity index (χ0) is 13.7. The Hall–Kier alpha value is -1.26. The minimum absolute atomic E-state index is 0.190. The molecule has 0 aromatic rings. The molecule has 0 heterocycles. The van der Waals surface area contributed by atoms with Gasteiger partial charge in [0.2, 0.25) is 0 Å². The van der Waals surface area contributed by atoms with Gasteiger partial charge in [-0.2, -0.15) is 0 Å². The fourth-order valence-electron chi connectivity index (χ4n) is 3.24. The molecule has 0 aromatic carbocycles. The van der Waals surface area contributed by atoms with Crippen LogP contribution in [0.15, 0.2) is 0 Å². The topological polar surface area (TPSA) is 78.4 Å². The Morgan fingerprint density at radius 1 is 0.842 bits per heavy atom. The van der Waals surface area contributed by atoms with Crippen molar-refractivity contribution in [3.63, 3.8) is 0 Å². The van der Waals surface area contributed by atoms with Gasteiger partial charge < -0.3 is 15.7 Å². The molecule has 19 heavy (non-hydrogen) atoms. The van der Waals surface area contributed by atoms with E-state index in [0.29, 0.717) is 6.42 Å². The van der Waals surface area contributed by atoms with Gasteiger partial charge in [0, 0.05) is 12.1 Å². The Labute approximate surface area is 114 Å². The van der Waals surface area contributed by atoms with E-state index in [1.807, 2.05) is 0 Å². The smallest absolute Gasteiger partial charge is 0.315 e. The molecule has 2 aliphatic carbocycles. The van der Waals surface area contributed by atoms with Crippen LogP contribution in [-0.2, 0) is 4.79 Å². The van der Waals surface area contributed by atoms with Crippen molar-refractivity contribution >= 4 is 12.0 Å². The lowest BCUT2D eigenvalue weighted by molar-refractivity contribution is -0.142. The number of carbonyl (C=O) groups is 2. The summed E-state index contributed by atoms with van der Waals surface area (Å²) in [5.74, 6) is -1.22. The fourth-order valence-corrected chi connectivity index (χ4v) is 3.24. The van der Waals surface area contributed by atoms with Crippen LogP contribution in [0.25, 0.3) is 0 Å². The first-order valence-electron chi connectivity index (χ1n) is 7.46. The molecule has 0 aliphatic heterocycles. The number of nitrogens with one attached hydrogen (secondary N) is 2. The Balaban J connectivity index is 1.86. The summed E-state index contributed by atoms with van der Waals surface area (Å²) in [6.07, 6.45) is 8.88. The first-order valence-corrected chi connectivity index (χ1v) is 7.46. The van der Waals surface area contributed by atoms with Crippen LogP contribution >= 0.6 is 0 Å². The predicted molar refractivity (Wildman–Crippen MR) is 71.9 cm³/mol. The van der Waals surface area contributed by atoms with E-state index in [-0.39, 0.29) is 18.1 Å². The number of carboxylic acid groups (broad SMARTS) is 1. The van der Waals surface area contributed by atoms with Gasteiger partial charge in [-0.3, -0.25) is 4.79 Å². The lowest BCUT2D eigenvalue weighted by Crippen LogP contribution is -2.49. The minimum atomic E-state index is -0.784. The van der Waals surface area contributed by atoms with E-state index < -0.39 is 11.9 Å². The molecule has 2 atom stereocenters. The molecule has 2 rings (SSSR count). The van der Waals surface area contributed by atoms with Gasteiger partial charge in [-0.15, -0.1) is 0 Å². The van der Waals surface area contributed by atoms with Crippen molar-refractivity contribution in [2.24, 2.45) is 5.92 Å². The second kappa shape index (κ2) is 6.78. The van der Waals surface area contributed by atoms with Gasteiger partial charge in [-0.1, -0.05) is 32.1 Å². The number of hydrogen-bond donors (Lipinski definition) is 3. The molecule has 108 valence electrons. The second-order valence-electron chi connectivity index (χ2n) is 5.79. The summed E-state index contributed by atoms with van der Waals surface area (Å²) in [7, 11) is 0. The summed E-state index contributed by atoms with van der Waals surface area (Å²) in [6.45, 7) is 0. The molecule has 2 saturated carbocycles. The number of carbonyl (C=O) groups excluding carboxylic acids is 1. The maximum Gasteiger partial charge on any atom is 0.315 e. The number of aliphatic carboxylic acids is 1. The summed E-state index contributed by atoms with van der Waals surface area (Å²) in [5, 5.41) is 15.1. The Morgan fingerprint density at radius 2 is 1.47 bits per heavy atom. The van der Waals surface area contributed by atoms with Crippen LogP contribution in [0.5, 0.6) is 0 Å². The zero-order valence-electron chi connectivity index (χ0n) is 11.4. The highest BCUT2D eigenvalue weighted by atomic mass is 16.4. The first-order chi connectivity index (χ1) is 9.16. The van der Waals surface area contributed by atoms with Gasteiger partial charge in [-0.25, -0.2) is 4.79 Å². The highest BCUT2D eigenvalue weighted by Gasteiger charge is 2.31. The lowest BCUT2D eigenvalue weighted by Gasteiger charge is -2.24. The molecule has 5 heteroatoms. The standard InChI is InChI=1S/C14H24N2O3/c17-13(18)11-8-2-1-3-9-12(11)16-14(19)15-10-6-4-5-7-10/h10-12H,1-9H2,(H,17,18)(H2,15,16,19). The summed E-state index contributed by atoms with van der Waals surface area (Å²) in [6, 6.07) is -0.138. The van der Waals surface area contributed by atoms with E-state index in [1.165, 1.54) is 12.8 Å². The van der Waals surface area contributed by atoms with E-state index in [9.17, 15) is 14.7 Å². The molecule has 0 bridgehead atoms. The molecule has 2 unspecified atom stereocenters. The van der Waals surface area contributed by atoms with Crippen LogP contribution < -0.4 is 10.6 Å². The van der Waals surface area contributed by atoms with Crippen LogP contribution in [0.2, 0.25) is 0 Å². The van der Waals surface area contributed by atoms with Gasteiger partial charge in [0.15, 0.2) is 0 Å². The Morgan fingerprint density at radius 3 is 2.16 bits per heavy atom. The number of urea groups is 1. The van der Waals surface area contributed by atoms with Crippen molar-refractivity contribution in [2.45, 2.75) is 69.9 Å². The van der Waals surface area contributed by atoms with Crippen LogP contribution in [-0.4, -0.2) is 29.2 Å². The lowest BCUT2D eigenvalue weighted by atomic mass is 9.95.